The summed E-state index contributed by atoms with van der Waals surface area (Å²) in [4.78, 5) is 18.9. The zero-order chi connectivity index (χ0) is 19.7. The summed E-state index contributed by atoms with van der Waals surface area (Å²) < 4.78 is 24.2. The summed E-state index contributed by atoms with van der Waals surface area (Å²) in [6.07, 6.45) is 0.247. The van der Waals surface area contributed by atoms with Crippen molar-refractivity contribution in [3.05, 3.63) is 71.3 Å². The predicted octanol–water partition coefficient (Wildman–Crippen LogP) is 2.83. The second kappa shape index (κ2) is 7.72. The normalized spacial score (nSPS) is 24.5. The molecule has 2 aliphatic heterocycles. The number of sulfone groups is 1. The molecule has 1 amide bonds. The molecule has 2 aromatic carbocycles. The van der Waals surface area contributed by atoms with E-state index in [9.17, 15) is 13.2 Å². The molecule has 2 saturated heterocycles. The third kappa shape index (κ3) is 4.31. The third-order valence-corrected chi connectivity index (χ3v) is 8.31. The third-order valence-electron chi connectivity index (χ3n) is 5.07. The van der Waals surface area contributed by atoms with Gasteiger partial charge in [0.25, 0.3) is 5.91 Å². The number of amides is 1. The number of thioether (sulfide) groups is 1. The van der Waals surface area contributed by atoms with E-state index in [0.717, 1.165) is 16.7 Å². The SMILES string of the molecule is Cc1ccc(CC(=O)N=C2S[C@@H]3CS(=O)(=O)C[C@@H]3N2Cc2ccccc2)cc1. The van der Waals surface area contributed by atoms with E-state index in [1.165, 1.54) is 11.8 Å². The Labute approximate surface area is 169 Å². The number of rotatable bonds is 4. The Bertz CT molecular complexity index is 1000. The molecule has 146 valence electrons. The summed E-state index contributed by atoms with van der Waals surface area (Å²) in [5.41, 5.74) is 3.16. The Hall–Kier alpha value is -2.12. The van der Waals surface area contributed by atoms with Crippen LogP contribution in [0.25, 0.3) is 0 Å². The van der Waals surface area contributed by atoms with Crippen molar-refractivity contribution in [2.75, 3.05) is 11.5 Å². The lowest BCUT2D eigenvalue weighted by molar-refractivity contribution is -0.117. The second-order valence-electron chi connectivity index (χ2n) is 7.36. The van der Waals surface area contributed by atoms with Crippen LogP contribution in [-0.4, -0.2) is 47.2 Å². The van der Waals surface area contributed by atoms with Crippen LogP contribution in [0.2, 0.25) is 0 Å². The summed E-state index contributed by atoms with van der Waals surface area (Å²) in [5.74, 6) is 0.0776. The van der Waals surface area contributed by atoms with Crippen LogP contribution in [0.4, 0.5) is 0 Å². The standard InChI is InChI=1S/C21H22N2O3S2/c1-15-7-9-16(10-8-15)11-20(24)22-21-23(12-17-5-3-2-4-6-17)18-13-28(25,26)14-19(18)27-21/h2-10,18-19H,11-14H2,1H3/t18-,19+/m0/s1. The molecule has 5 nitrogen and oxygen atoms in total. The van der Waals surface area contributed by atoms with Crippen LogP contribution < -0.4 is 0 Å². The van der Waals surface area contributed by atoms with Crippen molar-refractivity contribution in [1.29, 1.82) is 0 Å². The summed E-state index contributed by atoms with van der Waals surface area (Å²) in [7, 11) is -3.04. The lowest BCUT2D eigenvalue weighted by Gasteiger charge is -2.24. The predicted molar refractivity (Wildman–Crippen MR) is 113 cm³/mol. The van der Waals surface area contributed by atoms with Crippen LogP contribution in [0.3, 0.4) is 0 Å². The number of amidine groups is 1. The molecule has 0 unspecified atom stereocenters. The van der Waals surface area contributed by atoms with Gasteiger partial charge in [-0.3, -0.25) is 4.79 Å². The van der Waals surface area contributed by atoms with Crippen molar-refractivity contribution in [1.82, 2.24) is 4.90 Å². The second-order valence-corrected chi connectivity index (χ2v) is 10.7. The summed E-state index contributed by atoms with van der Waals surface area (Å²) in [5, 5.41) is 0.588. The molecule has 0 saturated carbocycles. The highest BCUT2D eigenvalue weighted by Gasteiger charge is 2.48. The van der Waals surface area contributed by atoms with E-state index in [1.807, 2.05) is 66.4 Å². The van der Waals surface area contributed by atoms with E-state index in [0.29, 0.717) is 11.7 Å². The molecule has 2 aromatic rings. The van der Waals surface area contributed by atoms with Gasteiger partial charge in [0.1, 0.15) is 0 Å². The van der Waals surface area contributed by atoms with E-state index in [4.69, 9.17) is 0 Å². The van der Waals surface area contributed by atoms with Gasteiger partial charge in [-0.25, -0.2) is 8.42 Å². The first kappa shape index (κ1) is 19.2. The molecular weight excluding hydrogens is 392 g/mol. The van der Waals surface area contributed by atoms with Crippen molar-refractivity contribution in [3.8, 4) is 0 Å². The monoisotopic (exact) mass is 414 g/mol. The van der Waals surface area contributed by atoms with Crippen LogP contribution in [-0.2, 0) is 27.6 Å². The van der Waals surface area contributed by atoms with Crippen LogP contribution in [0.15, 0.2) is 59.6 Å². The van der Waals surface area contributed by atoms with Gasteiger partial charge in [-0.05, 0) is 18.1 Å². The first-order chi connectivity index (χ1) is 13.4. The average Bonchev–Trinajstić information content (AvgIpc) is 3.10. The number of hydrogen-bond donors (Lipinski definition) is 0. The van der Waals surface area contributed by atoms with Gasteiger partial charge < -0.3 is 4.90 Å². The maximum absolute atomic E-state index is 12.6. The number of benzene rings is 2. The summed E-state index contributed by atoms with van der Waals surface area (Å²) >= 11 is 1.43. The Morgan fingerprint density at radius 2 is 1.79 bits per heavy atom. The van der Waals surface area contributed by atoms with E-state index in [-0.39, 0.29) is 35.1 Å². The highest BCUT2D eigenvalue weighted by Crippen LogP contribution is 2.39. The molecule has 4 rings (SSSR count). The van der Waals surface area contributed by atoms with Gasteiger partial charge in [-0.2, -0.15) is 4.99 Å². The molecule has 7 heteroatoms. The van der Waals surface area contributed by atoms with Gasteiger partial charge in [-0.1, -0.05) is 71.9 Å². The van der Waals surface area contributed by atoms with Crippen molar-refractivity contribution < 1.29 is 13.2 Å². The van der Waals surface area contributed by atoms with Crippen molar-refractivity contribution >= 4 is 32.7 Å². The minimum atomic E-state index is -3.04. The molecule has 0 bridgehead atoms. The maximum atomic E-state index is 12.6. The average molecular weight is 415 g/mol. The Kier molecular flexibility index (Phi) is 5.29. The minimum absolute atomic E-state index is 0.0559. The lowest BCUT2D eigenvalue weighted by Crippen LogP contribution is -2.37. The molecular formula is C21H22N2O3S2. The van der Waals surface area contributed by atoms with E-state index < -0.39 is 9.84 Å². The van der Waals surface area contributed by atoms with Crippen molar-refractivity contribution in [2.45, 2.75) is 31.2 Å². The van der Waals surface area contributed by atoms with Gasteiger partial charge in [-0.15, -0.1) is 0 Å². The Morgan fingerprint density at radius 3 is 2.50 bits per heavy atom. The van der Waals surface area contributed by atoms with Gasteiger partial charge in [0, 0.05) is 11.8 Å². The molecule has 0 N–H and O–H groups in total. The molecule has 0 aliphatic carbocycles. The van der Waals surface area contributed by atoms with E-state index >= 15 is 0 Å². The minimum Gasteiger partial charge on any atom is -0.342 e. The quantitative estimate of drug-likeness (QED) is 0.770. The Morgan fingerprint density at radius 1 is 1.07 bits per heavy atom. The highest BCUT2D eigenvalue weighted by molar-refractivity contribution is 8.15. The van der Waals surface area contributed by atoms with Crippen molar-refractivity contribution in [2.24, 2.45) is 4.99 Å². The van der Waals surface area contributed by atoms with Crippen LogP contribution in [0, 0.1) is 6.92 Å². The van der Waals surface area contributed by atoms with Crippen LogP contribution in [0.5, 0.6) is 0 Å². The fourth-order valence-corrected chi connectivity index (χ4v) is 7.60. The molecule has 2 aliphatic rings. The highest BCUT2D eigenvalue weighted by atomic mass is 32.2. The molecule has 0 spiro atoms. The topological polar surface area (TPSA) is 66.8 Å². The van der Waals surface area contributed by atoms with Crippen LogP contribution >= 0.6 is 11.8 Å². The number of carbonyl (C=O) groups is 1. The van der Waals surface area contributed by atoms with E-state index in [2.05, 4.69) is 4.99 Å². The van der Waals surface area contributed by atoms with Crippen LogP contribution in [0.1, 0.15) is 16.7 Å². The van der Waals surface area contributed by atoms with Crippen molar-refractivity contribution in [3.63, 3.8) is 0 Å². The van der Waals surface area contributed by atoms with Gasteiger partial charge in [0.05, 0.1) is 24.0 Å². The molecule has 28 heavy (non-hydrogen) atoms. The number of aliphatic imine (C=N–C) groups is 1. The first-order valence-electron chi connectivity index (χ1n) is 9.24. The molecule has 0 aromatic heterocycles. The molecule has 2 fully saturated rings. The molecule has 2 atom stereocenters. The Balaban J connectivity index is 1.56. The number of carbonyl (C=O) groups excluding carboxylic acids is 1. The number of aryl methyl sites for hydroxylation is 1. The van der Waals surface area contributed by atoms with Gasteiger partial charge in [0.2, 0.25) is 0 Å². The maximum Gasteiger partial charge on any atom is 0.252 e. The fraction of sp³-hybridized carbons (Fsp3) is 0.333. The van der Waals surface area contributed by atoms with Gasteiger partial charge in [0.15, 0.2) is 15.0 Å². The number of fused-ring (bicyclic) bond motifs is 1. The smallest absolute Gasteiger partial charge is 0.252 e. The zero-order valence-corrected chi connectivity index (χ0v) is 17.2. The summed E-state index contributed by atoms with van der Waals surface area (Å²) in [6, 6.07) is 17.6. The summed E-state index contributed by atoms with van der Waals surface area (Å²) in [6.45, 7) is 2.57. The largest absolute Gasteiger partial charge is 0.342 e. The fourth-order valence-electron chi connectivity index (χ4n) is 3.63. The molecule has 0 radical (unpaired) electrons. The zero-order valence-electron chi connectivity index (χ0n) is 15.6. The number of nitrogens with zero attached hydrogens (tertiary/aromatic N) is 2. The number of hydrogen-bond acceptors (Lipinski definition) is 4. The first-order valence-corrected chi connectivity index (χ1v) is 11.9. The van der Waals surface area contributed by atoms with E-state index in [1.54, 1.807) is 0 Å². The molecule has 2 heterocycles. The lowest BCUT2D eigenvalue weighted by atomic mass is 10.1. The van der Waals surface area contributed by atoms with Gasteiger partial charge >= 0.3 is 0 Å².